The highest BCUT2D eigenvalue weighted by Gasteiger charge is 2.13. The fourth-order valence-corrected chi connectivity index (χ4v) is 2.09. The molecule has 0 aliphatic heterocycles. The molecule has 0 saturated heterocycles. The van der Waals surface area contributed by atoms with E-state index in [1.807, 2.05) is 6.26 Å². The molecule has 0 unspecified atom stereocenters. The molecule has 0 spiro atoms. The third-order valence-corrected chi connectivity index (χ3v) is 3.38. The summed E-state index contributed by atoms with van der Waals surface area (Å²) in [6.07, 6.45) is 2.16. The highest BCUT2D eigenvalue weighted by atomic mass is 35.5. The van der Waals surface area contributed by atoms with Crippen LogP contribution in [0.1, 0.15) is 6.42 Å². The molecule has 0 aliphatic rings. The smallest absolute Gasteiger partial charge is 0.258 e. The summed E-state index contributed by atoms with van der Waals surface area (Å²) in [6.45, 7) is -0.299. The lowest BCUT2D eigenvalue weighted by atomic mass is 10.2. The maximum absolute atomic E-state index is 11.6. The van der Waals surface area contributed by atoms with E-state index in [1.165, 1.54) is 11.8 Å². The zero-order valence-electron chi connectivity index (χ0n) is 10.9. The molecule has 1 atom stereocenters. The van der Waals surface area contributed by atoms with Gasteiger partial charge in [-0.1, -0.05) is 23.7 Å². The van der Waals surface area contributed by atoms with Crippen LogP contribution in [0, 0.1) is 0 Å². The number of thioether (sulfide) groups is 1. The van der Waals surface area contributed by atoms with Crippen molar-refractivity contribution in [3.05, 3.63) is 29.3 Å². The SMILES string of the molecule is CSCC[C@H](NC(=O)COc1ccccc1Cl)C(=O)[O-]. The Morgan fingerprint density at radius 1 is 1.45 bits per heavy atom. The maximum Gasteiger partial charge on any atom is 0.258 e. The summed E-state index contributed by atoms with van der Waals surface area (Å²) in [5.74, 6) is -0.839. The number of nitrogens with one attached hydrogen (secondary N) is 1. The average molecular weight is 317 g/mol. The lowest BCUT2D eigenvalue weighted by Crippen LogP contribution is -2.49. The van der Waals surface area contributed by atoms with Crippen molar-refractivity contribution in [2.75, 3.05) is 18.6 Å². The molecule has 110 valence electrons. The summed E-state index contributed by atoms with van der Waals surface area (Å²) < 4.78 is 5.22. The summed E-state index contributed by atoms with van der Waals surface area (Å²) in [7, 11) is 0. The van der Waals surface area contributed by atoms with Gasteiger partial charge < -0.3 is 20.0 Å². The first-order valence-corrected chi connectivity index (χ1v) is 7.68. The van der Waals surface area contributed by atoms with Crippen molar-refractivity contribution in [3.63, 3.8) is 0 Å². The van der Waals surface area contributed by atoms with Crippen molar-refractivity contribution in [2.24, 2.45) is 0 Å². The summed E-state index contributed by atoms with van der Waals surface area (Å²) in [5, 5.41) is 13.6. The molecular weight excluding hydrogens is 302 g/mol. The average Bonchev–Trinajstić information content (AvgIpc) is 2.42. The number of carbonyl (C=O) groups excluding carboxylic acids is 2. The first-order chi connectivity index (χ1) is 9.54. The van der Waals surface area contributed by atoms with Gasteiger partial charge in [0.25, 0.3) is 5.91 Å². The number of aliphatic carboxylic acids is 1. The van der Waals surface area contributed by atoms with Crippen molar-refractivity contribution < 1.29 is 19.4 Å². The fraction of sp³-hybridized carbons (Fsp3) is 0.385. The molecule has 0 saturated carbocycles. The Kier molecular flexibility index (Phi) is 7.25. The standard InChI is InChI=1S/C13H16ClNO4S/c1-20-7-6-10(13(17)18)15-12(16)8-19-11-5-3-2-4-9(11)14/h2-5,10H,6-8H2,1H3,(H,15,16)(H,17,18)/p-1/t10-/m0/s1. The van der Waals surface area contributed by atoms with Crippen molar-refractivity contribution >= 4 is 35.2 Å². The number of carboxylic acid groups (broad SMARTS) is 1. The number of halogens is 1. The van der Waals surface area contributed by atoms with Crippen LogP contribution in [0.25, 0.3) is 0 Å². The lowest BCUT2D eigenvalue weighted by Gasteiger charge is -2.19. The van der Waals surface area contributed by atoms with E-state index in [4.69, 9.17) is 16.3 Å². The number of rotatable bonds is 8. The van der Waals surface area contributed by atoms with Gasteiger partial charge in [0, 0.05) is 0 Å². The molecule has 7 heteroatoms. The van der Waals surface area contributed by atoms with Crippen LogP contribution in [0.3, 0.4) is 0 Å². The van der Waals surface area contributed by atoms with Crippen LogP contribution in [0.5, 0.6) is 5.75 Å². The van der Waals surface area contributed by atoms with Gasteiger partial charge in [-0.25, -0.2) is 0 Å². The quantitative estimate of drug-likeness (QED) is 0.764. The van der Waals surface area contributed by atoms with Crippen LogP contribution in [0.4, 0.5) is 0 Å². The molecule has 0 heterocycles. The molecule has 1 rings (SSSR count). The Morgan fingerprint density at radius 3 is 2.75 bits per heavy atom. The maximum atomic E-state index is 11.6. The Labute approximate surface area is 126 Å². The van der Waals surface area contributed by atoms with Crippen LogP contribution < -0.4 is 15.2 Å². The Morgan fingerprint density at radius 2 is 2.15 bits per heavy atom. The zero-order valence-corrected chi connectivity index (χ0v) is 12.5. The van der Waals surface area contributed by atoms with E-state index >= 15 is 0 Å². The van der Waals surface area contributed by atoms with Gasteiger partial charge in [0.05, 0.1) is 17.0 Å². The Bertz CT molecular complexity index is 469. The minimum absolute atomic E-state index is 0.299. The normalized spacial score (nSPS) is 11.7. The Balaban J connectivity index is 2.46. The van der Waals surface area contributed by atoms with Gasteiger partial charge in [0.1, 0.15) is 5.75 Å². The van der Waals surface area contributed by atoms with Gasteiger partial charge in [0.2, 0.25) is 0 Å². The topological polar surface area (TPSA) is 78.5 Å². The van der Waals surface area contributed by atoms with Crippen LogP contribution >= 0.6 is 23.4 Å². The number of para-hydroxylation sites is 1. The molecule has 1 N–H and O–H groups in total. The molecule has 20 heavy (non-hydrogen) atoms. The van der Waals surface area contributed by atoms with E-state index in [0.29, 0.717) is 22.9 Å². The Hall–Kier alpha value is -1.40. The second-order valence-electron chi connectivity index (χ2n) is 3.94. The van der Waals surface area contributed by atoms with Gasteiger partial charge in [-0.3, -0.25) is 4.79 Å². The number of benzene rings is 1. The molecule has 1 aromatic rings. The van der Waals surface area contributed by atoms with Crippen LogP contribution in [-0.2, 0) is 9.59 Å². The number of carboxylic acids is 1. The van der Waals surface area contributed by atoms with E-state index in [2.05, 4.69) is 5.32 Å². The van der Waals surface area contributed by atoms with Crippen molar-refractivity contribution in [2.45, 2.75) is 12.5 Å². The number of ether oxygens (including phenoxy) is 1. The third kappa shape index (κ3) is 5.71. The summed E-state index contributed by atoms with van der Waals surface area (Å²) in [6, 6.07) is 5.71. The summed E-state index contributed by atoms with van der Waals surface area (Å²) in [5.41, 5.74) is 0. The molecule has 5 nitrogen and oxygen atoms in total. The monoisotopic (exact) mass is 316 g/mol. The van der Waals surface area contributed by atoms with Crippen molar-refractivity contribution in [1.29, 1.82) is 0 Å². The van der Waals surface area contributed by atoms with Crippen LogP contribution in [0.15, 0.2) is 24.3 Å². The molecule has 1 amide bonds. The lowest BCUT2D eigenvalue weighted by molar-refractivity contribution is -0.308. The molecule has 1 aromatic carbocycles. The fourth-order valence-electron chi connectivity index (χ4n) is 1.43. The molecule has 0 aromatic heterocycles. The highest BCUT2D eigenvalue weighted by Crippen LogP contribution is 2.22. The molecule has 0 bridgehead atoms. The predicted octanol–water partition coefficient (Wildman–Crippen LogP) is 0.707. The largest absolute Gasteiger partial charge is 0.548 e. The summed E-state index contributed by atoms with van der Waals surface area (Å²) in [4.78, 5) is 22.5. The van der Waals surface area contributed by atoms with E-state index in [-0.39, 0.29) is 6.61 Å². The van der Waals surface area contributed by atoms with E-state index in [9.17, 15) is 14.7 Å². The molecule has 0 aliphatic carbocycles. The van der Waals surface area contributed by atoms with E-state index in [1.54, 1.807) is 24.3 Å². The highest BCUT2D eigenvalue weighted by molar-refractivity contribution is 7.98. The molecular formula is C13H15ClNO4S-. The number of hydrogen-bond donors (Lipinski definition) is 1. The van der Waals surface area contributed by atoms with Gasteiger partial charge in [-0.15, -0.1) is 0 Å². The predicted molar refractivity (Wildman–Crippen MR) is 76.9 cm³/mol. The van der Waals surface area contributed by atoms with E-state index in [0.717, 1.165) is 0 Å². The number of amides is 1. The second kappa shape index (κ2) is 8.71. The summed E-state index contributed by atoms with van der Waals surface area (Å²) >= 11 is 7.36. The van der Waals surface area contributed by atoms with Gasteiger partial charge in [-0.2, -0.15) is 11.8 Å². The minimum atomic E-state index is -1.30. The third-order valence-electron chi connectivity index (χ3n) is 2.43. The van der Waals surface area contributed by atoms with Gasteiger partial charge >= 0.3 is 0 Å². The first-order valence-electron chi connectivity index (χ1n) is 5.91. The first kappa shape index (κ1) is 16.7. The second-order valence-corrected chi connectivity index (χ2v) is 5.33. The van der Waals surface area contributed by atoms with Crippen LogP contribution in [-0.4, -0.2) is 36.5 Å². The van der Waals surface area contributed by atoms with Crippen molar-refractivity contribution in [3.8, 4) is 5.75 Å². The molecule has 0 fully saturated rings. The number of hydrogen-bond acceptors (Lipinski definition) is 5. The van der Waals surface area contributed by atoms with Gasteiger partial charge in [0.15, 0.2) is 6.61 Å². The van der Waals surface area contributed by atoms with Crippen LogP contribution in [0.2, 0.25) is 5.02 Å². The van der Waals surface area contributed by atoms with Gasteiger partial charge in [-0.05, 0) is 30.6 Å². The minimum Gasteiger partial charge on any atom is -0.548 e. The van der Waals surface area contributed by atoms with E-state index < -0.39 is 17.9 Å². The number of carbonyl (C=O) groups is 2. The molecule has 0 radical (unpaired) electrons. The van der Waals surface area contributed by atoms with Crippen molar-refractivity contribution in [1.82, 2.24) is 5.32 Å². The zero-order chi connectivity index (χ0) is 15.0.